The monoisotopic (exact) mass is 368 g/mol. The van der Waals surface area contributed by atoms with E-state index in [2.05, 4.69) is 36.4 Å². The number of guanidine groups is 1. The summed E-state index contributed by atoms with van der Waals surface area (Å²) in [5.74, 6) is 2.17. The van der Waals surface area contributed by atoms with Crippen molar-refractivity contribution in [3.05, 3.63) is 42.4 Å². The van der Waals surface area contributed by atoms with Crippen LogP contribution in [0.25, 0.3) is 11.3 Å². The number of fused-ring (bicyclic) bond motifs is 1. The van der Waals surface area contributed by atoms with Crippen molar-refractivity contribution in [1.82, 2.24) is 15.6 Å². The first-order chi connectivity index (χ1) is 13.1. The third-order valence-corrected chi connectivity index (χ3v) is 5.80. The second kappa shape index (κ2) is 7.35. The van der Waals surface area contributed by atoms with Crippen molar-refractivity contribution < 1.29 is 9.15 Å². The maximum absolute atomic E-state index is 5.90. The van der Waals surface area contributed by atoms with E-state index in [0.29, 0.717) is 24.6 Å². The van der Waals surface area contributed by atoms with Gasteiger partial charge in [-0.15, -0.1) is 0 Å². The van der Waals surface area contributed by atoms with Gasteiger partial charge in [0.05, 0.1) is 12.6 Å². The third-order valence-electron chi connectivity index (χ3n) is 5.80. The number of aromatic nitrogens is 1. The van der Waals surface area contributed by atoms with Gasteiger partial charge in [-0.25, -0.2) is 9.98 Å². The van der Waals surface area contributed by atoms with Gasteiger partial charge in [-0.05, 0) is 13.3 Å². The number of oxazole rings is 1. The Labute approximate surface area is 160 Å². The minimum Gasteiger partial charge on any atom is -0.443 e. The van der Waals surface area contributed by atoms with Crippen LogP contribution in [-0.4, -0.2) is 36.2 Å². The second-order valence-corrected chi connectivity index (χ2v) is 7.88. The molecule has 1 aliphatic carbocycles. The number of benzene rings is 1. The number of hydrogen-bond acceptors (Lipinski definition) is 4. The molecule has 0 radical (unpaired) electrons. The molecule has 27 heavy (non-hydrogen) atoms. The van der Waals surface area contributed by atoms with Gasteiger partial charge >= 0.3 is 0 Å². The van der Waals surface area contributed by atoms with Gasteiger partial charge in [0, 0.05) is 36.1 Å². The highest BCUT2D eigenvalue weighted by Crippen LogP contribution is 2.52. The number of ether oxygens (including phenoxy) is 1. The van der Waals surface area contributed by atoms with Crippen molar-refractivity contribution in [2.75, 3.05) is 13.2 Å². The molecule has 144 valence electrons. The summed E-state index contributed by atoms with van der Waals surface area (Å²) >= 11 is 0. The zero-order valence-corrected chi connectivity index (χ0v) is 16.2. The van der Waals surface area contributed by atoms with Crippen molar-refractivity contribution in [1.29, 1.82) is 0 Å². The van der Waals surface area contributed by atoms with E-state index >= 15 is 0 Å². The molecule has 2 aromatic rings. The maximum Gasteiger partial charge on any atom is 0.191 e. The first kappa shape index (κ1) is 18.0. The number of nitrogens with zero attached hydrogens (tertiary/aromatic N) is 2. The summed E-state index contributed by atoms with van der Waals surface area (Å²) in [6.45, 7) is 8.76. The van der Waals surface area contributed by atoms with Crippen LogP contribution in [0.5, 0.6) is 0 Å². The van der Waals surface area contributed by atoms with E-state index in [9.17, 15) is 0 Å². The maximum atomic E-state index is 5.90. The Morgan fingerprint density at radius 3 is 2.89 bits per heavy atom. The molecule has 2 aliphatic rings. The Bertz CT molecular complexity index is 800. The summed E-state index contributed by atoms with van der Waals surface area (Å²) in [6.07, 6.45) is 2.97. The number of rotatable bonds is 5. The van der Waals surface area contributed by atoms with Gasteiger partial charge in [-0.1, -0.05) is 44.2 Å². The highest BCUT2D eigenvalue weighted by Gasteiger charge is 2.59. The lowest BCUT2D eigenvalue weighted by molar-refractivity contribution is -0.106. The molecule has 6 heteroatoms. The minimum absolute atomic E-state index is 0.112. The van der Waals surface area contributed by atoms with Crippen LogP contribution < -0.4 is 10.6 Å². The zero-order valence-electron chi connectivity index (χ0n) is 16.2. The first-order valence-corrected chi connectivity index (χ1v) is 9.75. The summed E-state index contributed by atoms with van der Waals surface area (Å²) < 4.78 is 11.5. The molecule has 0 spiro atoms. The SMILES string of the molecule is CCNC(=NCc1ncoc1-c1ccccc1)NC1C2CCOC2C1(C)C. The van der Waals surface area contributed by atoms with E-state index in [-0.39, 0.29) is 5.41 Å². The van der Waals surface area contributed by atoms with Crippen LogP contribution in [0.3, 0.4) is 0 Å². The highest BCUT2D eigenvalue weighted by atomic mass is 16.5. The second-order valence-electron chi connectivity index (χ2n) is 7.88. The first-order valence-electron chi connectivity index (χ1n) is 9.75. The van der Waals surface area contributed by atoms with E-state index in [4.69, 9.17) is 14.1 Å². The van der Waals surface area contributed by atoms with Crippen molar-refractivity contribution in [3.8, 4) is 11.3 Å². The molecule has 3 atom stereocenters. The highest BCUT2D eigenvalue weighted by molar-refractivity contribution is 5.80. The van der Waals surface area contributed by atoms with Gasteiger partial charge in [-0.2, -0.15) is 0 Å². The van der Waals surface area contributed by atoms with E-state index in [1.807, 2.05) is 30.3 Å². The number of aliphatic imine (C=N–C) groups is 1. The minimum atomic E-state index is 0.112. The van der Waals surface area contributed by atoms with Gasteiger partial charge in [0.15, 0.2) is 18.1 Å². The van der Waals surface area contributed by atoms with Crippen LogP contribution in [0.15, 0.2) is 46.1 Å². The average Bonchev–Trinajstić information content (AvgIpc) is 3.33. The van der Waals surface area contributed by atoms with Crippen molar-refractivity contribution in [3.63, 3.8) is 0 Å². The Morgan fingerprint density at radius 2 is 2.11 bits per heavy atom. The summed E-state index contributed by atoms with van der Waals surface area (Å²) in [5.41, 5.74) is 1.97. The van der Waals surface area contributed by atoms with E-state index in [0.717, 1.165) is 42.5 Å². The van der Waals surface area contributed by atoms with Gasteiger partial charge in [-0.3, -0.25) is 0 Å². The topological polar surface area (TPSA) is 71.7 Å². The van der Waals surface area contributed by atoms with E-state index in [1.54, 1.807) is 0 Å². The Hall–Kier alpha value is -2.34. The van der Waals surface area contributed by atoms with Crippen LogP contribution >= 0.6 is 0 Å². The summed E-state index contributed by atoms with van der Waals surface area (Å²) in [7, 11) is 0. The van der Waals surface area contributed by atoms with E-state index in [1.165, 1.54) is 6.39 Å². The van der Waals surface area contributed by atoms with Gasteiger partial charge in [0.1, 0.15) is 5.69 Å². The standard InChI is InChI=1S/C21H28N4O2/c1-4-22-20(25-18-15-10-11-26-19(15)21(18,2)3)23-12-16-17(27-13-24-16)14-8-6-5-7-9-14/h5-9,13,15,18-19H,4,10-12H2,1-3H3,(H2,22,23,25). The van der Waals surface area contributed by atoms with Gasteiger partial charge in [0.25, 0.3) is 0 Å². The molecular formula is C21H28N4O2. The Balaban J connectivity index is 1.49. The molecule has 3 unspecified atom stereocenters. The summed E-state index contributed by atoms with van der Waals surface area (Å²) in [5, 5.41) is 7.00. The Morgan fingerprint density at radius 1 is 1.30 bits per heavy atom. The third kappa shape index (κ3) is 3.34. The largest absolute Gasteiger partial charge is 0.443 e. The molecule has 1 aliphatic heterocycles. The van der Waals surface area contributed by atoms with Crippen molar-refractivity contribution in [2.24, 2.45) is 16.3 Å². The fourth-order valence-electron chi connectivity index (χ4n) is 4.44. The normalized spacial score (nSPS) is 26.3. The lowest BCUT2D eigenvalue weighted by Gasteiger charge is -2.54. The van der Waals surface area contributed by atoms with Crippen LogP contribution in [0.4, 0.5) is 0 Å². The molecule has 2 fully saturated rings. The predicted molar refractivity (Wildman–Crippen MR) is 105 cm³/mol. The molecule has 2 N–H and O–H groups in total. The number of nitrogens with one attached hydrogen (secondary N) is 2. The lowest BCUT2D eigenvalue weighted by Crippen LogP contribution is -2.67. The molecule has 1 aromatic carbocycles. The molecular weight excluding hydrogens is 340 g/mol. The van der Waals surface area contributed by atoms with Crippen molar-refractivity contribution >= 4 is 5.96 Å². The zero-order chi connectivity index (χ0) is 18.9. The smallest absolute Gasteiger partial charge is 0.191 e. The Kier molecular flexibility index (Phi) is 4.91. The van der Waals surface area contributed by atoms with Crippen molar-refractivity contribution in [2.45, 2.75) is 45.9 Å². The molecule has 1 saturated carbocycles. The predicted octanol–water partition coefficient (Wildman–Crippen LogP) is 3.21. The van der Waals surface area contributed by atoms with Crippen LogP contribution in [0, 0.1) is 11.3 Å². The lowest BCUT2D eigenvalue weighted by atomic mass is 9.57. The quantitative estimate of drug-likeness (QED) is 0.626. The van der Waals surface area contributed by atoms with E-state index < -0.39 is 0 Å². The molecule has 0 amide bonds. The molecule has 2 heterocycles. The number of hydrogen-bond donors (Lipinski definition) is 2. The molecule has 4 rings (SSSR count). The fraction of sp³-hybridized carbons (Fsp3) is 0.524. The molecule has 6 nitrogen and oxygen atoms in total. The molecule has 0 bridgehead atoms. The summed E-state index contributed by atoms with van der Waals surface area (Å²) in [4.78, 5) is 9.15. The molecule has 1 aromatic heterocycles. The van der Waals surface area contributed by atoms with Crippen LogP contribution in [-0.2, 0) is 11.3 Å². The van der Waals surface area contributed by atoms with Crippen LogP contribution in [0.1, 0.15) is 32.9 Å². The molecule has 1 saturated heterocycles. The van der Waals surface area contributed by atoms with Gasteiger partial charge in [0.2, 0.25) is 0 Å². The fourth-order valence-corrected chi connectivity index (χ4v) is 4.44. The summed E-state index contributed by atoms with van der Waals surface area (Å²) in [6, 6.07) is 10.4. The van der Waals surface area contributed by atoms with Gasteiger partial charge < -0.3 is 19.8 Å². The van der Waals surface area contributed by atoms with Crippen LogP contribution in [0.2, 0.25) is 0 Å². The average molecular weight is 368 g/mol.